The molecule has 1 spiro atoms. The molecule has 0 saturated carbocycles. The SMILES string of the molecule is CCC(=O)N1CCC(N2C(=O)NC3(CCN(CC)CC3)C2=O)CC1. The molecule has 3 aliphatic heterocycles. The van der Waals surface area contributed by atoms with Crippen LogP contribution in [0.25, 0.3) is 0 Å². The second kappa shape index (κ2) is 6.70. The molecule has 3 heterocycles. The molecule has 0 aromatic heterocycles. The largest absolute Gasteiger partial charge is 0.343 e. The second-order valence-electron chi connectivity index (χ2n) is 7.09. The molecule has 3 rings (SSSR count). The molecular weight excluding hydrogens is 308 g/mol. The maximum atomic E-state index is 13.0. The number of piperidine rings is 2. The van der Waals surface area contributed by atoms with Crippen molar-refractivity contribution in [2.75, 3.05) is 32.7 Å². The van der Waals surface area contributed by atoms with Crippen LogP contribution in [0.3, 0.4) is 0 Å². The van der Waals surface area contributed by atoms with Crippen LogP contribution < -0.4 is 5.32 Å². The fourth-order valence-corrected chi connectivity index (χ4v) is 4.16. The van der Waals surface area contributed by atoms with Crippen LogP contribution >= 0.6 is 0 Å². The molecule has 3 fully saturated rings. The summed E-state index contributed by atoms with van der Waals surface area (Å²) in [6.45, 7) is 7.91. The van der Waals surface area contributed by atoms with Crippen LogP contribution in [0.4, 0.5) is 4.79 Å². The van der Waals surface area contributed by atoms with Crippen molar-refractivity contribution in [3.05, 3.63) is 0 Å². The smallest absolute Gasteiger partial charge is 0.325 e. The van der Waals surface area contributed by atoms with Gasteiger partial charge < -0.3 is 15.1 Å². The van der Waals surface area contributed by atoms with Gasteiger partial charge in [0.15, 0.2) is 0 Å². The monoisotopic (exact) mass is 336 g/mol. The summed E-state index contributed by atoms with van der Waals surface area (Å²) in [6.07, 6.45) is 3.25. The van der Waals surface area contributed by atoms with E-state index >= 15 is 0 Å². The highest BCUT2D eigenvalue weighted by Crippen LogP contribution is 2.32. The van der Waals surface area contributed by atoms with E-state index in [0.717, 1.165) is 19.6 Å². The van der Waals surface area contributed by atoms with Gasteiger partial charge in [-0.25, -0.2) is 4.79 Å². The number of hydrogen-bond donors (Lipinski definition) is 1. The number of hydrogen-bond acceptors (Lipinski definition) is 4. The zero-order chi connectivity index (χ0) is 17.3. The Hall–Kier alpha value is -1.63. The van der Waals surface area contributed by atoms with Gasteiger partial charge in [-0.05, 0) is 32.2 Å². The van der Waals surface area contributed by atoms with E-state index in [0.29, 0.717) is 45.2 Å². The topological polar surface area (TPSA) is 73.0 Å². The summed E-state index contributed by atoms with van der Waals surface area (Å²) in [6, 6.07) is -0.327. The number of carbonyl (C=O) groups is 3. The molecule has 4 amide bonds. The van der Waals surface area contributed by atoms with Gasteiger partial charge in [-0.2, -0.15) is 0 Å². The summed E-state index contributed by atoms with van der Waals surface area (Å²) >= 11 is 0. The van der Waals surface area contributed by atoms with Crippen LogP contribution in [0.15, 0.2) is 0 Å². The van der Waals surface area contributed by atoms with Crippen molar-refractivity contribution in [2.45, 2.75) is 57.5 Å². The number of urea groups is 1. The molecule has 3 saturated heterocycles. The molecule has 24 heavy (non-hydrogen) atoms. The molecule has 134 valence electrons. The lowest BCUT2D eigenvalue weighted by Gasteiger charge is -2.38. The molecule has 3 aliphatic rings. The fraction of sp³-hybridized carbons (Fsp3) is 0.824. The van der Waals surface area contributed by atoms with Crippen molar-refractivity contribution in [1.29, 1.82) is 0 Å². The van der Waals surface area contributed by atoms with Crippen molar-refractivity contribution < 1.29 is 14.4 Å². The predicted octanol–water partition coefficient (Wildman–Crippen LogP) is 0.794. The van der Waals surface area contributed by atoms with Gasteiger partial charge >= 0.3 is 6.03 Å². The molecule has 1 N–H and O–H groups in total. The van der Waals surface area contributed by atoms with E-state index in [1.165, 1.54) is 4.90 Å². The molecule has 0 atom stereocenters. The van der Waals surface area contributed by atoms with Crippen LogP contribution in [0.5, 0.6) is 0 Å². The van der Waals surface area contributed by atoms with E-state index in [9.17, 15) is 14.4 Å². The Labute approximate surface area is 143 Å². The summed E-state index contributed by atoms with van der Waals surface area (Å²) in [5.74, 6) is 0.0950. The normalized spacial score (nSPS) is 25.4. The summed E-state index contributed by atoms with van der Waals surface area (Å²) < 4.78 is 0. The molecule has 0 aromatic carbocycles. The molecule has 0 aromatic rings. The molecule has 7 nitrogen and oxygen atoms in total. The summed E-state index contributed by atoms with van der Waals surface area (Å²) in [4.78, 5) is 42.9. The third-order valence-corrected chi connectivity index (χ3v) is 5.83. The highest BCUT2D eigenvalue weighted by Gasteiger charge is 2.54. The third kappa shape index (κ3) is 2.90. The number of imide groups is 1. The van der Waals surface area contributed by atoms with Gasteiger partial charge in [-0.1, -0.05) is 13.8 Å². The Morgan fingerprint density at radius 2 is 1.75 bits per heavy atom. The number of nitrogens with one attached hydrogen (secondary N) is 1. The average molecular weight is 336 g/mol. The Morgan fingerprint density at radius 3 is 2.29 bits per heavy atom. The van der Waals surface area contributed by atoms with Gasteiger partial charge in [-0.3, -0.25) is 14.5 Å². The van der Waals surface area contributed by atoms with Crippen LogP contribution in [0, 0.1) is 0 Å². The van der Waals surface area contributed by atoms with E-state index in [-0.39, 0.29) is 23.9 Å². The van der Waals surface area contributed by atoms with Gasteiger partial charge in [0.2, 0.25) is 5.91 Å². The second-order valence-corrected chi connectivity index (χ2v) is 7.09. The van der Waals surface area contributed by atoms with Crippen LogP contribution in [-0.4, -0.2) is 76.8 Å². The van der Waals surface area contributed by atoms with Crippen molar-refractivity contribution in [1.82, 2.24) is 20.0 Å². The lowest BCUT2D eigenvalue weighted by atomic mass is 9.87. The highest BCUT2D eigenvalue weighted by atomic mass is 16.2. The van der Waals surface area contributed by atoms with Crippen LogP contribution in [-0.2, 0) is 9.59 Å². The molecule has 7 heteroatoms. The summed E-state index contributed by atoms with van der Waals surface area (Å²) in [7, 11) is 0. The number of rotatable bonds is 3. The summed E-state index contributed by atoms with van der Waals surface area (Å²) in [5.41, 5.74) is -0.695. The quantitative estimate of drug-likeness (QED) is 0.774. The number of amides is 4. The highest BCUT2D eigenvalue weighted by molar-refractivity contribution is 6.07. The maximum absolute atomic E-state index is 13.0. The van der Waals surface area contributed by atoms with Crippen molar-refractivity contribution in [3.63, 3.8) is 0 Å². The van der Waals surface area contributed by atoms with Crippen LogP contribution in [0.2, 0.25) is 0 Å². The molecular formula is C17H28N4O3. The molecule has 0 bridgehead atoms. The number of likely N-dealkylation sites (tertiary alicyclic amines) is 2. The van der Waals surface area contributed by atoms with Crippen molar-refractivity contribution in [2.24, 2.45) is 0 Å². The van der Waals surface area contributed by atoms with Gasteiger partial charge in [0.05, 0.1) is 0 Å². The van der Waals surface area contributed by atoms with E-state index in [2.05, 4.69) is 17.1 Å². The van der Waals surface area contributed by atoms with Crippen molar-refractivity contribution in [3.8, 4) is 0 Å². The molecule has 0 radical (unpaired) electrons. The van der Waals surface area contributed by atoms with E-state index in [1.807, 2.05) is 11.8 Å². The Morgan fingerprint density at radius 1 is 1.12 bits per heavy atom. The first-order valence-corrected chi connectivity index (χ1v) is 9.16. The van der Waals surface area contributed by atoms with Gasteiger partial charge in [-0.15, -0.1) is 0 Å². The Bertz CT molecular complexity index is 520. The first kappa shape index (κ1) is 17.2. The van der Waals surface area contributed by atoms with E-state index in [1.54, 1.807) is 0 Å². The maximum Gasteiger partial charge on any atom is 0.325 e. The van der Waals surface area contributed by atoms with Crippen LogP contribution in [0.1, 0.15) is 46.0 Å². The Balaban J connectivity index is 1.64. The standard InChI is InChI=1S/C17H28N4O3/c1-3-14(22)20-9-5-13(6-10-20)21-15(23)17(18-16(21)24)7-11-19(4-2)12-8-17/h13H,3-12H2,1-2H3,(H,18,24). The van der Waals surface area contributed by atoms with Gasteiger partial charge in [0.25, 0.3) is 5.91 Å². The minimum absolute atomic E-state index is 0.0523. The third-order valence-electron chi connectivity index (χ3n) is 5.83. The first-order chi connectivity index (χ1) is 11.5. The van der Waals surface area contributed by atoms with E-state index in [4.69, 9.17) is 0 Å². The zero-order valence-corrected chi connectivity index (χ0v) is 14.7. The Kier molecular flexibility index (Phi) is 4.80. The van der Waals surface area contributed by atoms with Gasteiger partial charge in [0.1, 0.15) is 5.54 Å². The number of nitrogens with zero attached hydrogens (tertiary/aromatic N) is 3. The zero-order valence-electron chi connectivity index (χ0n) is 14.7. The fourth-order valence-electron chi connectivity index (χ4n) is 4.16. The lowest BCUT2D eigenvalue weighted by Crippen LogP contribution is -2.55. The molecule has 0 aliphatic carbocycles. The first-order valence-electron chi connectivity index (χ1n) is 9.16. The summed E-state index contributed by atoms with van der Waals surface area (Å²) in [5, 5.41) is 2.99. The van der Waals surface area contributed by atoms with Gasteiger partial charge in [0, 0.05) is 38.6 Å². The molecule has 0 unspecified atom stereocenters. The minimum atomic E-state index is -0.695. The average Bonchev–Trinajstić information content (AvgIpc) is 2.85. The predicted molar refractivity (Wildman–Crippen MR) is 89.3 cm³/mol. The number of carbonyl (C=O) groups excluding carboxylic acids is 3. The minimum Gasteiger partial charge on any atom is -0.343 e. The van der Waals surface area contributed by atoms with Crippen molar-refractivity contribution >= 4 is 17.8 Å². The van der Waals surface area contributed by atoms with E-state index < -0.39 is 5.54 Å². The lowest BCUT2D eigenvalue weighted by molar-refractivity contribution is -0.136.